The second-order valence-electron chi connectivity index (χ2n) is 4.83. The topological polar surface area (TPSA) is 70.2 Å². The van der Waals surface area contributed by atoms with Crippen molar-refractivity contribution in [3.63, 3.8) is 0 Å². The zero-order valence-corrected chi connectivity index (χ0v) is 12.8. The molecule has 0 aliphatic heterocycles. The molecule has 1 aromatic rings. The molecule has 0 radical (unpaired) electrons. The van der Waals surface area contributed by atoms with Crippen molar-refractivity contribution >= 4 is 11.8 Å². The molecular weight excluding hydrogens is 311 g/mol. The lowest BCUT2D eigenvalue weighted by molar-refractivity contribution is -0.137. The fourth-order valence-corrected chi connectivity index (χ4v) is 1.84. The van der Waals surface area contributed by atoms with Crippen LogP contribution < -0.4 is 16.0 Å². The van der Waals surface area contributed by atoms with Gasteiger partial charge in [0.2, 0.25) is 5.91 Å². The van der Waals surface area contributed by atoms with Crippen molar-refractivity contribution in [1.29, 1.82) is 0 Å². The standard InChI is InChI=1S/C15H20F3N3O2/c1-2-7-19-8-9-20-13(22)10-21-14(23)11-5-3-4-6-12(11)15(16,17)18/h3-6,19H,2,7-10H2,1H3,(H,20,22)(H,21,23). The van der Waals surface area contributed by atoms with E-state index in [1.165, 1.54) is 12.1 Å². The van der Waals surface area contributed by atoms with Crippen LogP contribution in [0.1, 0.15) is 29.3 Å². The quantitative estimate of drug-likeness (QED) is 0.633. The second kappa shape index (κ2) is 9.14. The normalized spacial score (nSPS) is 11.1. The molecule has 1 aromatic carbocycles. The molecule has 0 spiro atoms. The molecule has 0 saturated carbocycles. The highest BCUT2D eigenvalue weighted by Crippen LogP contribution is 2.31. The Labute approximate surface area is 132 Å². The Bertz CT molecular complexity index is 533. The molecule has 2 amide bonds. The summed E-state index contributed by atoms with van der Waals surface area (Å²) in [5.41, 5.74) is -1.53. The summed E-state index contributed by atoms with van der Waals surface area (Å²) < 4.78 is 38.4. The third kappa shape index (κ3) is 6.68. The van der Waals surface area contributed by atoms with Gasteiger partial charge in [0, 0.05) is 13.1 Å². The Kier molecular flexibility index (Phi) is 7.53. The first-order valence-corrected chi connectivity index (χ1v) is 7.28. The van der Waals surface area contributed by atoms with Gasteiger partial charge in [-0.2, -0.15) is 13.2 Å². The van der Waals surface area contributed by atoms with Crippen molar-refractivity contribution in [2.45, 2.75) is 19.5 Å². The number of nitrogens with one attached hydrogen (secondary N) is 3. The van der Waals surface area contributed by atoms with Crippen LogP contribution in [0.4, 0.5) is 13.2 Å². The van der Waals surface area contributed by atoms with Gasteiger partial charge in [-0.25, -0.2) is 0 Å². The van der Waals surface area contributed by atoms with Gasteiger partial charge < -0.3 is 16.0 Å². The molecule has 5 nitrogen and oxygen atoms in total. The molecule has 23 heavy (non-hydrogen) atoms. The van der Waals surface area contributed by atoms with E-state index in [4.69, 9.17) is 0 Å². The largest absolute Gasteiger partial charge is 0.417 e. The van der Waals surface area contributed by atoms with E-state index >= 15 is 0 Å². The maximum absolute atomic E-state index is 12.8. The van der Waals surface area contributed by atoms with E-state index in [0.29, 0.717) is 13.1 Å². The molecule has 8 heteroatoms. The molecule has 128 valence electrons. The predicted octanol–water partition coefficient (Wildman–Crippen LogP) is 1.55. The first-order valence-electron chi connectivity index (χ1n) is 7.28. The average Bonchev–Trinajstić information content (AvgIpc) is 2.51. The smallest absolute Gasteiger partial charge is 0.353 e. The maximum atomic E-state index is 12.8. The molecule has 0 unspecified atom stereocenters. The van der Waals surface area contributed by atoms with Crippen molar-refractivity contribution in [3.8, 4) is 0 Å². The van der Waals surface area contributed by atoms with Crippen molar-refractivity contribution in [1.82, 2.24) is 16.0 Å². The molecule has 0 aliphatic rings. The van der Waals surface area contributed by atoms with Crippen molar-refractivity contribution in [2.24, 2.45) is 0 Å². The van der Waals surface area contributed by atoms with Crippen LogP contribution in [0.2, 0.25) is 0 Å². The molecule has 0 aromatic heterocycles. The first kappa shape index (κ1) is 19.0. The third-order valence-electron chi connectivity index (χ3n) is 2.94. The highest BCUT2D eigenvalue weighted by molar-refractivity contribution is 5.97. The number of carbonyl (C=O) groups is 2. The molecule has 0 bridgehead atoms. The van der Waals surface area contributed by atoms with E-state index in [9.17, 15) is 22.8 Å². The number of halogens is 3. The van der Waals surface area contributed by atoms with Gasteiger partial charge in [-0.3, -0.25) is 9.59 Å². The Balaban J connectivity index is 2.47. The van der Waals surface area contributed by atoms with Crippen molar-refractivity contribution in [2.75, 3.05) is 26.2 Å². The van der Waals surface area contributed by atoms with E-state index in [1.54, 1.807) is 0 Å². The minimum Gasteiger partial charge on any atom is -0.353 e. The molecule has 0 fully saturated rings. The monoisotopic (exact) mass is 331 g/mol. The van der Waals surface area contributed by atoms with E-state index in [2.05, 4.69) is 16.0 Å². The molecule has 0 saturated heterocycles. The Morgan fingerprint density at radius 1 is 1.04 bits per heavy atom. The summed E-state index contributed by atoms with van der Waals surface area (Å²) >= 11 is 0. The SMILES string of the molecule is CCCNCCNC(=O)CNC(=O)c1ccccc1C(F)(F)F. The van der Waals surface area contributed by atoms with Gasteiger partial charge in [0.15, 0.2) is 0 Å². The summed E-state index contributed by atoms with van der Waals surface area (Å²) in [5.74, 6) is -1.39. The van der Waals surface area contributed by atoms with Gasteiger partial charge in [0.05, 0.1) is 17.7 Å². The molecule has 0 aliphatic carbocycles. The van der Waals surface area contributed by atoms with Crippen LogP contribution in [0.3, 0.4) is 0 Å². The predicted molar refractivity (Wildman–Crippen MR) is 79.9 cm³/mol. The van der Waals surface area contributed by atoms with Gasteiger partial charge in [-0.15, -0.1) is 0 Å². The van der Waals surface area contributed by atoms with Gasteiger partial charge in [-0.05, 0) is 25.1 Å². The Hall–Kier alpha value is -2.09. The van der Waals surface area contributed by atoms with Crippen LogP contribution in [-0.2, 0) is 11.0 Å². The molecule has 0 heterocycles. The van der Waals surface area contributed by atoms with Crippen LogP contribution in [0.15, 0.2) is 24.3 Å². The van der Waals surface area contributed by atoms with Crippen LogP contribution in [-0.4, -0.2) is 38.0 Å². The lowest BCUT2D eigenvalue weighted by Crippen LogP contribution is -2.40. The maximum Gasteiger partial charge on any atom is 0.417 e. The number of carbonyl (C=O) groups excluding carboxylic acids is 2. The van der Waals surface area contributed by atoms with Gasteiger partial charge in [-0.1, -0.05) is 19.1 Å². The highest BCUT2D eigenvalue weighted by Gasteiger charge is 2.34. The summed E-state index contributed by atoms with van der Waals surface area (Å²) in [7, 11) is 0. The number of amides is 2. The summed E-state index contributed by atoms with van der Waals surface area (Å²) in [5, 5.41) is 7.82. The van der Waals surface area contributed by atoms with Crippen LogP contribution in [0.5, 0.6) is 0 Å². The lowest BCUT2D eigenvalue weighted by atomic mass is 10.1. The van der Waals surface area contributed by atoms with E-state index in [-0.39, 0.29) is 6.54 Å². The summed E-state index contributed by atoms with van der Waals surface area (Å²) in [6, 6.07) is 4.44. The van der Waals surface area contributed by atoms with Gasteiger partial charge in [0.25, 0.3) is 5.91 Å². The number of hydrogen-bond donors (Lipinski definition) is 3. The molecule has 3 N–H and O–H groups in total. The highest BCUT2D eigenvalue weighted by atomic mass is 19.4. The molecule has 0 atom stereocenters. The summed E-state index contributed by atoms with van der Waals surface area (Å²) in [4.78, 5) is 23.3. The number of benzene rings is 1. The fourth-order valence-electron chi connectivity index (χ4n) is 1.84. The van der Waals surface area contributed by atoms with Gasteiger partial charge in [0.1, 0.15) is 0 Å². The van der Waals surface area contributed by atoms with E-state index < -0.39 is 29.1 Å². The van der Waals surface area contributed by atoms with Crippen LogP contribution in [0.25, 0.3) is 0 Å². The Morgan fingerprint density at radius 2 is 1.74 bits per heavy atom. The summed E-state index contributed by atoms with van der Waals surface area (Å²) in [6.07, 6.45) is -3.65. The first-order chi connectivity index (χ1) is 10.9. The Morgan fingerprint density at radius 3 is 2.39 bits per heavy atom. The average molecular weight is 331 g/mol. The number of alkyl halides is 3. The molecular formula is C15H20F3N3O2. The number of hydrogen-bond acceptors (Lipinski definition) is 3. The lowest BCUT2D eigenvalue weighted by Gasteiger charge is -2.12. The minimum absolute atomic E-state index is 0.376. The summed E-state index contributed by atoms with van der Waals surface area (Å²) in [6.45, 7) is 3.44. The van der Waals surface area contributed by atoms with E-state index in [1.807, 2.05) is 6.92 Å². The van der Waals surface area contributed by atoms with Crippen LogP contribution in [0, 0.1) is 0 Å². The zero-order chi connectivity index (χ0) is 17.3. The molecule has 1 rings (SSSR count). The number of rotatable bonds is 8. The van der Waals surface area contributed by atoms with Crippen LogP contribution >= 0.6 is 0 Å². The zero-order valence-electron chi connectivity index (χ0n) is 12.8. The van der Waals surface area contributed by atoms with Gasteiger partial charge >= 0.3 is 6.18 Å². The van der Waals surface area contributed by atoms with E-state index in [0.717, 1.165) is 25.1 Å². The third-order valence-corrected chi connectivity index (χ3v) is 2.94. The van der Waals surface area contributed by atoms with Crippen molar-refractivity contribution in [3.05, 3.63) is 35.4 Å². The fraction of sp³-hybridized carbons (Fsp3) is 0.467. The second-order valence-corrected chi connectivity index (χ2v) is 4.83. The minimum atomic E-state index is -4.62. The van der Waals surface area contributed by atoms with Crippen molar-refractivity contribution < 1.29 is 22.8 Å².